The number of nitrogens with one attached hydrogen (secondary N) is 1. The number of aliphatic hydroxyl groups is 2. The number of hydrogen-bond donors (Lipinski definition) is 3. The zero-order valence-electron chi connectivity index (χ0n) is 26.1. The third kappa shape index (κ3) is 11.2. The molecule has 2 fully saturated rings. The van der Waals surface area contributed by atoms with Gasteiger partial charge in [-0.25, -0.2) is 0 Å². The van der Waals surface area contributed by atoms with Crippen molar-refractivity contribution in [3.63, 3.8) is 0 Å². The Bertz CT molecular complexity index is 916. The van der Waals surface area contributed by atoms with Crippen molar-refractivity contribution in [2.45, 2.75) is 122 Å². The summed E-state index contributed by atoms with van der Waals surface area (Å²) in [6.07, 6.45) is 4.74. The highest BCUT2D eigenvalue weighted by Gasteiger charge is 2.35. The van der Waals surface area contributed by atoms with Crippen molar-refractivity contribution in [3.05, 3.63) is 35.9 Å². The molecule has 1 aromatic rings. The fourth-order valence-corrected chi connectivity index (χ4v) is 6.20. The Morgan fingerprint density at radius 2 is 1.67 bits per heavy atom. The van der Waals surface area contributed by atoms with Crippen LogP contribution in [-0.2, 0) is 30.2 Å². The van der Waals surface area contributed by atoms with Crippen LogP contribution in [0.4, 0.5) is 0 Å². The van der Waals surface area contributed by atoms with Crippen LogP contribution in [0, 0.1) is 11.8 Å². The van der Waals surface area contributed by atoms with Crippen LogP contribution in [0.25, 0.3) is 0 Å². The molecule has 9 heteroatoms. The van der Waals surface area contributed by atoms with Crippen molar-refractivity contribution in [2.24, 2.45) is 11.8 Å². The summed E-state index contributed by atoms with van der Waals surface area (Å²) in [5, 5.41) is 24.9. The van der Waals surface area contributed by atoms with Crippen LogP contribution in [0.2, 0.25) is 0 Å². The first-order chi connectivity index (χ1) is 20.2. The second-order valence-electron chi connectivity index (χ2n) is 12.6. The van der Waals surface area contributed by atoms with Crippen molar-refractivity contribution < 1.29 is 34.0 Å². The van der Waals surface area contributed by atoms with Gasteiger partial charge in [-0.1, -0.05) is 76.3 Å². The molecule has 3 rings (SSSR count). The second-order valence-corrected chi connectivity index (χ2v) is 12.6. The zero-order valence-corrected chi connectivity index (χ0v) is 26.1. The molecule has 1 aliphatic carbocycles. The van der Waals surface area contributed by atoms with E-state index in [4.69, 9.17) is 14.2 Å². The number of ether oxygens (including phenoxy) is 3. The van der Waals surface area contributed by atoms with Gasteiger partial charge in [0.2, 0.25) is 5.91 Å². The topological polar surface area (TPSA) is 118 Å². The van der Waals surface area contributed by atoms with Gasteiger partial charge in [0.05, 0.1) is 18.2 Å². The molecule has 5 atom stereocenters. The number of carbonyl (C=O) groups excluding carboxylic acids is 2. The van der Waals surface area contributed by atoms with Gasteiger partial charge in [-0.2, -0.15) is 0 Å². The highest BCUT2D eigenvalue weighted by Crippen LogP contribution is 2.29. The summed E-state index contributed by atoms with van der Waals surface area (Å²) in [6, 6.07) is 9.08. The summed E-state index contributed by atoms with van der Waals surface area (Å²) in [5.74, 6) is 0.0765. The Balaban J connectivity index is 1.68. The molecule has 1 heterocycles. The summed E-state index contributed by atoms with van der Waals surface area (Å²) in [4.78, 5) is 29.0. The fraction of sp³-hybridized carbons (Fsp3) is 0.758. The molecule has 9 nitrogen and oxygen atoms in total. The van der Waals surface area contributed by atoms with E-state index in [0.29, 0.717) is 51.1 Å². The SMILES string of the molecule is COCOC1CCN(C(=O)[C@H](Cc2ccccc2)O[C@@H](C)C(=O)N[C@@H](CC2CCCCC2)[C@@H](O)[C@@H](O)CC(C)C)CC1. The molecule has 1 aliphatic heterocycles. The minimum absolute atomic E-state index is 0.0470. The molecule has 1 saturated heterocycles. The Morgan fingerprint density at radius 3 is 2.29 bits per heavy atom. The molecule has 0 radical (unpaired) electrons. The van der Waals surface area contributed by atoms with E-state index in [0.717, 1.165) is 31.2 Å². The minimum atomic E-state index is -1.08. The number of hydrogen-bond acceptors (Lipinski definition) is 7. The zero-order chi connectivity index (χ0) is 30.5. The Morgan fingerprint density at radius 1 is 1.00 bits per heavy atom. The van der Waals surface area contributed by atoms with E-state index < -0.39 is 30.5 Å². The minimum Gasteiger partial charge on any atom is -0.390 e. The van der Waals surface area contributed by atoms with Crippen molar-refractivity contribution in [1.29, 1.82) is 0 Å². The van der Waals surface area contributed by atoms with Crippen LogP contribution >= 0.6 is 0 Å². The quantitative estimate of drug-likeness (QED) is 0.251. The predicted molar refractivity (Wildman–Crippen MR) is 162 cm³/mol. The Kier molecular flexibility index (Phi) is 14.7. The molecule has 1 saturated carbocycles. The van der Waals surface area contributed by atoms with E-state index >= 15 is 0 Å². The van der Waals surface area contributed by atoms with Gasteiger partial charge >= 0.3 is 0 Å². The summed E-state index contributed by atoms with van der Waals surface area (Å²) >= 11 is 0. The highest BCUT2D eigenvalue weighted by atomic mass is 16.7. The Hall–Kier alpha value is -2.04. The average Bonchev–Trinajstić information content (AvgIpc) is 2.99. The molecule has 42 heavy (non-hydrogen) atoms. The van der Waals surface area contributed by atoms with Crippen LogP contribution in [0.3, 0.4) is 0 Å². The van der Waals surface area contributed by atoms with Gasteiger partial charge < -0.3 is 34.6 Å². The summed E-state index contributed by atoms with van der Waals surface area (Å²) < 4.78 is 16.9. The number of benzene rings is 1. The molecule has 3 N–H and O–H groups in total. The number of amides is 2. The molecule has 238 valence electrons. The number of nitrogens with zero attached hydrogens (tertiary/aromatic N) is 1. The first kappa shape index (κ1) is 34.5. The third-order valence-electron chi connectivity index (χ3n) is 8.61. The van der Waals surface area contributed by atoms with E-state index in [1.165, 1.54) is 6.42 Å². The van der Waals surface area contributed by atoms with E-state index in [-0.39, 0.29) is 30.6 Å². The van der Waals surface area contributed by atoms with Crippen LogP contribution in [0.1, 0.15) is 84.1 Å². The van der Waals surface area contributed by atoms with Gasteiger partial charge in [0.1, 0.15) is 25.1 Å². The lowest BCUT2D eigenvalue weighted by atomic mass is 9.82. The molecule has 0 aromatic heterocycles. The largest absolute Gasteiger partial charge is 0.390 e. The maximum Gasteiger partial charge on any atom is 0.252 e. The van der Waals surface area contributed by atoms with Gasteiger partial charge in [0.15, 0.2) is 0 Å². The average molecular weight is 591 g/mol. The van der Waals surface area contributed by atoms with Crippen LogP contribution in [0.15, 0.2) is 30.3 Å². The molecule has 2 amide bonds. The first-order valence-electron chi connectivity index (χ1n) is 15.9. The predicted octanol–water partition coefficient (Wildman–Crippen LogP) is 3.84. The second kappa shape index (κ2) is 17.9. The van der Waals surface area contributed by atoms with E-state index in [2.05, 4.69) is 5.32 Å². The van der Waals surface area contributed by atoms with E-state index in [9.17, 15) is 19.8 Å². The summed E-state index contributed by atoms with van der Waals surface area (Å²) in [7, 11) is 1.59. The maximum atomic E-state index is 13.7. The smallest absolute Gasteiger partial charge is 0.252 e. The number of carbonyl (C=O) groups is 2. The highest BCUT2D eigenvalue weighted by molar-refractivity contribution is 5.84. The van der Waals surface area contributed by atoms with Gasteiger partial charge in [-0.3, -0.25) is 9.59 Å². The van der Waals surface area contributed by atoms with Gasteiger partial charge in [-0.05, 0) is 50.0 Å². The van der Waals surface area contributed by atoms with Crippen LogP contribution < -0.4 is 5.32 Å². The molecular formula is C33H54N2O7. The number of aliphatic hydroxyl groups excluding tert-OH is 2. The molecule has 0 bridgehead atoms. The molecule has 0 unspecified atom stereocenters. The first-order valence-corrected chi connectivity index (χ1v) is 15.9. The number of piperidine rings is 1. The van der Waals surface area contributed by atoms with Crippen molar-refractivity contribution in [1.82, 2.24) is 10.2 Å². The van der Waals surface area contributed by atoms with Crippen molar-refractivity contribution >= 4 is 11.8 Å². The number of methoxy groups -OCH3 is 1. The molecule has 0 spiro atoms. The standard InChI is InChI=1S/C33H54N2O7/c1-23(2)19-29(36)31(37)28(20-25-11-7-5-8-12-25)34-32(38)24(3)42-30(21-26-13-9-6-10-14-26)33(39)35-17-15-27(16-18-35)41-22-40-4/h6,9-10,13-14,23-25,27-31,36-37H,5,7-8,11-12,15-22H2,1-4H3,(H,34,38)/t24-,28-,29-,30-,31+/m0/s1. The Labute approximate surface area is 252 Å². The van der Waals surface area contributed by atoms with Gasteiger partial charge in [-0.15, -0.1) is 0 Å². The van der Waals surface area contributed by atoms with Crippen molar-refractivity contribution in [2.75, 3.05) is 27.0 Å². The monoisotopic (exact) mass is 590 g/mol. The van der Waals surface area contributed by atoms with Crippen molar-refractivity contribution in [3.8, 4) is 0 Å². The molecular weight excluding hydrogens is 536 g/mol. The van der Waals surface area contributed by atoms with Crippen LogP contribution in [0.5, 0.6) is 0 Å². The molecule has 1 aromatic carbocycles. The summed E-state index contributed by atoms with van der Waals surface area (Å²) in [5.41, 5.74) is 0.948. The summed E-state index contributed by atoms with van der Waals surface area (Å²) in [6.45, 7) is 6.98. The normalized spacial score (nSPS) is 20.6. The van der Waals surface area contributed by atoms with E-state index in [1.807, 2.05) is 44.2 Å². The van der Waals surface area contributed by atoms with Crippen LogP contribution in [-0.4, -0.2) is 90.5 Å². The van der Waals surface area contributed by atoms with E-state index in [1.54, 1.807) is 18.9 Å². The maximum absolute atomic E-state index is 13.7. The van der Waals surface area contributed by atoms with Gasteiger partial charge in [0, 0.05) is 26.6 Å². The third-order valence-corrected chi connectivity index (χ3v) is 8.61. The lowest BCUT2D eigenvalue weighted by Crippen LogP contribution is -2.53. The molecule has 2 aliphatic rings. The number of likely N-dealkylation sites (tertiary alicyclic amines) is 1. The lowest BCUT2D eigenvalue weighted by molar-refractivity contribution is -0.155. The lowest BCUT2D eigenvalue weighted by Gasteiger charge is -2.35. The van der Waals surface area contributed by atoms with Gasteiger partial charge in [0.25, 0.3) is 5.91 Å². The fourth-order valence-electron chi connectivity index (χ4n) is 6.20. The number of rotatable bonds is 16.